The third-order valence-electron chi connectivity index (χ3n) is 3.52. The minimum atomic E-state index is 0.765. The van der Waals surface area contributed by atoms with Crippen molar-refractivity contribution in [2.45, 2.75) is 19.8 Å². The number of rotatable bonds is 5. The summed E-state index contributed by atoms with van der Waals surface area (Å²) in [6.45, 7) is 3.19. The minimum Gasteiger partial charge on any atom is -0.358 e. The molecule has 21 heavy (non-hydrogen) atoms. The van der Waals surface area contributed by atoms with Gasteiger partial charge in [0.1, 0.15) is 5.82 Å². The average Bonchev–Trinajstić information content (AvgIpc) is 2.96. The fraction of sp³-hybridized carbons (Fsp3) is 0.312. The Morgan fingerprint density at radius 2 is 1.86 bits per heavy atom. The van der Waals surface area contributed by atoms with Crippen LogP contribution in [0.2, 0.25) is 0 Å². The first kappa shape index (κ1) is 13.5. The van der Waals surface area contributed by atoms with Gasteiger partial charge in [0.2, 0.25) is 0 Å². The van der Waals surface area contributed by atoms with Crippen LogP contribution in [-0.2, 0) is 0 Å². The van der Waals surface area contributed by atoms with E-state index in [9.17, 15) is 0 Å². The second-order valence-corrected chi connectivity index (χ2v) is 5.13. The van der Waals surface area contributed by atoms with Crippen LogP contribution in [0.1, 0.15) is 19.8 Å². The third-order valence-corrected chi connectivity index (χ3v) is 3.52. The van der Waals surface area contributed by atoms with Crippen molar-refractivity contribution in [2.75, 3.05) is 18.5 Å². The van der Waals surface area contributed by atoms with E-state index in [1.54, 1.807) is 0 Å². The van der Waals surface area contributed by atoms with Gasteiger partial charge in [-0.1, -0.05) is 43.7 Å². The molecule has 5 nitrogen and oxygen atoms in total. The molecule has 0 aliphatic carbocycles. The first-order valence-electron chi connectivity index (χ1n) is 7.28. The van der Waals surface area contributed by atoms with E-state index in [0.29, 0.717) is 0 Å². The van der Waals surface area contributed by atoms with Gasteiger partial charge in [0, 0.05) is 19.2 Å². The van der Waals surface area contributed by atoms with E-state index < -0.39 is 0 Å². The molecule has 2 aromatic heterocycles. The molecule has 0 unspecified atom stereocenters. The van der Waals surface area contributed by atoms with Crippen LogP contribution < -0.4 is 4.90 Å². The number of aromatic nitrogens is 4. The molecular formula is C16H19N5. The lowest BCUT2D eigenvalue weighted by atomic mass is 10.2. The van der Waals surface area contributed by atoms with Crippen molar-refractivity contribution in [1.82, 2.24) is 19.8 Å². The number of unbranched alkanes of at least 4 members (excludes halogenated alkanes) is 1. The maximum Gasteiger partial charge on any atom is 0.185 e. The summed E-state index contributed by atoms with van der Waals surface area (Å²) < 4.78 is 1.81. The molecule has 1 aromatic carbocycles. The zero-order valence-electron chi connectivity index (χ0n) is 12.4. The summed E-state index contributed by atoms with van der Waals surface area (Å²) in [6.07, 6.45) is 2.33. The fourth-order valence-corrected chi connectivity index (χ4v) is 2.26. The Hall–Kier alpha value is -2.43. The van der Waals surface area contributed by atoms with E-state index in [1.807, 2.05) is 47.0 Å². The number of benzene rings is 1. The zero-order chi connectivity index (χ0) is 14.7. The lowest BCUT2D eigenvalue weighted by molar-refractivity contribution is 0.748. The zero-order valence-corrected chi connectivity index (χ0v) is 12.4. The fourth-order valence-electron chi connectivity index (χ4n) is 2.26. The van der Waals surface area contributed by atoms with Gasteiger partial charge in [-0.25, -0.2) is 0 Å². The highest BCUT2D eigenvalue weighted by atomic mass is 15.4. The molecule has 0 bridgehead atoms. The van der Waals surface area contributed by atoms with Crippen LogP contribution in [0.25, 0.3) is 17.0 Å². The van der Waals surface area contributed by atoms with Crippen LogP contribution in [0.15, 0.2) is 42.5 Å². The molecule has 0 amide bonds. The van der Waals surface area contributed by atoms with Gasteiger partial charge in [-0.2, -0.15) is 4.52 Å². The second-order valence-electron chi connectivity index (χ2n) is 5.13. The van der Waals surface area contributed by atoms with Gasteiger partial charge in [-0.3, -0.25) is 0 Å². The molecular weight excluding hydrogens is 262 g/mol. The molecule has 3 rings (SSSR count). The molecule has 0 N–H and O–H groups in total. The third kappa shape index (κ3) is 2.72. The summed E-state index contributed by atoms with van der Waals surface area (Å²) in [7, 11) is 2.07. The van der Waals surface area contributed by atoms with Gasteiger partial charge in [0.05, 0.1) is 0 Å². The molecule has 0 fully saturated rings. The smallest absolute Gasteiger partial charge is 0.185 e. The van der Waals surface area contributed by atoms with Crippen molar-refractivity contribution in [2.24, 2.45) is 0 Å². The highest BCUT2D eigenvalue weighted by Crippen LogP contribution is 2.19. The number of fused-ring (bicyclic) bond motifs is 1. The summed E-state index contributed by atoms with van der Waals surface area (Å²) in [6, 6.07) is 14.0. The van der Waals surface area contributed by atoms with Crippen molar-refractivity contribution in [3.63, 3.8) is 0 Å². The van der Waals surface area contributed by atoms with Crippen molar-refractivity contribution >= 4 is 11.5 Å². The Morgan fingerprint density at radius 1 is 1.05 bits per heavy atom. The van der Waals surface area contributed by atoms with Crippen molar-refractivity contribution in [1.29, 1.82) is 0 Å². The topological polar surface area (TPSA) is 46.3 Å². The van der Waals surface area contributed by atoms with E-state index in [2.05, 4.69) is 34.2 Å². The van der Waals surface area contributed by atoms with Gasteiger partial charge < -0.3 is 4.90 Å². The molecule has 0 aliphatic heterocycles. The van der Waals surface area contributed by atoms with Gasteiger partial charge in [-0.05, 0) is 18.6 Å². The monoisotopic (exact) mass is 281 g/mol. The van der Waals surface area contributed by atoms with E-state index >= 15 is 0 Å². The molecule has 5 heteroatoms. The predicted octanol–water partition coefficient (Wildman–Crippen LogP) is 3.03. The second kappa shape index (κ2) is 5.91. The first-order valence-corrected chi connectivity index (χ1v) is 7.28. The molecule has 108 valence electrons. The molecule has 0 spiro atoms. The Labute approximate surface area is 124 Å². The molecule has 0 saturated carbocycles. The number of nitrogens with zero attached hydrogens (tertiary/aromatic N) is 5. The molecule has 2 heterocycles. The lowest BCUT2D eigenvalue weighted by Gasteiger charge is -2.17. The lowest BCUT2D eigenvalue weighted by Crippen LogP contribution is -2.20. The van der Waals surface area contributed by atoms with Crippen molar-refractivity contribution in [3.8, 4) is 11.4 Å². The maximum atomic E-state index is 4.68. The normalized spacial score (nSPS) is 11.0. The van der Waals surface area contributed by atoms with Gasteiger partial charge in [0.25, 0.3) is 0 Å². The van der Waals surface area contributed by atoms with Crippen LogP contribution >= 0.6 is 0 Å². The Bertz CT molecular complexity index is 720. The number of hydrogen-bond donors (Lipinski definition) is 0. The Balaban J connectivity index is 2.00. The highest BCUT2D eigenvalue weighted by Gasteiger charge is 2.11. The SMILES string of the molecule is CCCCN(C)c1ccc2nnc(-c3ccccc3)n2n1. The predicted molar refractivity (Wildman–Crippen MR) is 84.4 cm³/mol. The largest absolute Gasteiger partial charge is 0.358 e. The standard InChI is InChI=1S/C16H19N5/c1-3-4-12-20(2)15-11-10-14-17-18-16(21(14)19-15)13-8-6-5-7-9-13/h5-11H,3-4,12H2,1-2H3. The summed E-state index contributed by atoms with van der Waals surface area (Å²) in [5.41, 5.74) is 1.78. The highest BCUT2D eigenvalue weighted by molar-refractivity contribution is 5.59. The van der Waals surface area contributed by atoms with E-state index in [0.717, 1.165) is 35.8 Å². The molecule has 0 radical (unpaired) electrons. The van der Waals surface area contributed by atoms with Gasteiger partial charge in [-0.15, -0.1) is 15.3 Å². The van der Waals surface area contributed by atoms with Crippen molar-refractivity contribution < 1.29 is 0 Å². The number of hydrogen-bond acceptors (Lipinski definition) is 4. The van der Waals surface area contributed by atoms with Crippen molar-refractivity contribution in [3.05, 3.63) is 42.5 Å². The summed E-state index contributed by atoms with van der Waals surface area (Å²) >= 11 is 0. The Morgan fingerprint density at radius 3 is 2.62 bits per heavy atom. The van der Waals surface area contributed by atoms with Crippen LogP contribution in [0.3, 0.4) is 0 Å². The first-order chi connectivity index (χ1) is 10.3. The quantitative estimate of drug-likeness (QED) is 0.721. The van der Waals surface area contributed by atoms with E-state index in [4.69, 9.17) is 0 Å². The molecule has 3 aromatic rings. The molecule has 0 saturated heterocycles. The summed E-state index contributed by atoms with van der Waals surface area (Å²) in [5.74, 6) is 1.71. The summed E-state index contributed by atoms with van der Waals surface area (Å²) in [5, 5.41) is 13.1. The van der Waals surface area contributed by atoms with Crippen LogP contribution in [0.4, 0.5) is 5.82 Å². The molecule has 0 atom stereocenters. The molecule has 0 aliphatic rings. The minimum absolute atomic E-state index is 0.765. The Kier molecular flexibility index (Phi) is 3.81. The van der Waals surface area contributed by atoms with Gasteiger partial charge in [0.15, 0.2) is 11.5 Å². The summed E-state index contributed by atoms with van der Waals surface area (Å²) in [4.78, 5) is 2.16. The van der Waals surface area contributed by atoms with E-state index in [-0.39, 0.29) is 0 Å². The average molecular weight is 281 g/mol. The van der Waals surface area contributed by atoms with Crippen LogP contribution in [0, 0.1) is 0 Å². The van der Waals surface area contributed by atoms with E-state index in [1.165, 1.54) is 6.42 Å². The maximum absolute atomic E-state index is 4.68. The van der Waals surface area contributed by atoms with Gasteiger partial charge >= 0.3 is 0 Å². The van der Waals surface area contributed by atoms with Crippen LogP contribution in [-0.4, -0.2) is 33.4 Å². The van der Waals surface area contributed by atoms with Crippen LogP contribution in [0.5, 0.6) is 0 Å². The number of anilines is 1.